The summed E-state index contributed by atoms with van der Waals surface area (Å²) in [5.74, 6) is -0.210. The molecule has 0 aliphatic heterocycles. The third kappa shape index (κ3) is 29.2. The summed E-state index contributed by atoms with van der Waals surface area (Å²) in [6, 6.07) is 50.4. The number of carbonyl (C=O) groups is 5. The molecule has 80 heavy (non-hydrogen) atoms. The summed E-state index contributed by atoms with van der Waals surface area (Å²) in [6.45, 7) is 19.5. The molecule has 3 fully saturated rings. The van der Waals surface area contributed by atoms with Crippen LogP contribution in [0.25, 0.3) is 0 Å². The average molecular weight is 1190 g/mol. The van der Waals surface area contributed by atoms with Gasteiger partial charge >= 0.3 is 0 Å². The van der Waals surface area contributed by atoms with Gasteiger partial charge in [-0.05, 0) is 216 Å². The zero-order valence-corrected chi connectivity index (χ0v) is 52.8. The van der Waals surface area contributed by atoms with E-state index in [0.29, 0.717) is 16.2 Å². The second-order valence-corrected chi connectivity index (χ2v) is 28.4. The quantitative estimate of drug-likeness (QED) is 0.0608. The van der Waals surface area contributed by atoms with Crippen LogP contribution in [0.3, 0.4) is 0 Å². The van der Waals surface area contributed by atoms with Gasteiger partial charge in [-0.1, -0.05) is 214 Å². The minimum atomic E-state index is -0.223. The Morgan fingerprint density at radius 1 is 0.325 bits per heavy atom. The van der Waals surface area contributed by atoms with Gasteiger partial charge in [-0.3, -0.25) is 24.0 Å². The van der Waals surface area contributed by atoms with Crippen LogP contribution in [0.5, 0.6) is 0 Å². The van der Waals surface area contributed by atoms with E-state index in [0.717, 1.165) is 64.2 Å². The second kappa shape index (κ2) is 32.7. The number of hydrogen-bond donors (Lipinski definition) is 0. The molecular formula is C70H89Cl5O5. The van der Waals surface area contributed by atoms with Gasteiger partial charge in [0.2, 0.25) is 26.2 Å². The molecule has 5 nitrogen and oxygen atoms in total. The summed E-state index contributed by atoms with van der Waals surface area (Å²) >= 11 is 28.4. The molecule has 0 saturated heterocycles. The Morgan fingerprint density at radius 3 is 0.625 bits per heavy atom. The SMILES string of the molecule is CC(C)(C)C[C@@H](Cc1ccccc1)C(=O)Cl.CC(C)(C)C[C@H](Cc1ccccc1)C(=O)Cl.CC1(CC(Cc2ccccc2)C(=O)Cl)CC1.CC1(C[C@@H](Cc2ccccc2)C(=O)Cl)CC1.CC1(C[C@H](Cc2ccccc2)C(=O)Cl)CC1. The van der Waals surface area contributed by atoms with E-state index in [1.54, 1.807) is 0 Å². The normalized spacial score (nSPS) is 16.9. The monoisotopic (exact) mass is 1180 g/mol. The lowest BCUT2D eigenvalue weighted by Crippen LogP contribution is -2.20. The molecule has 0 spiro atoms. The van der Waals surface area contributed by atoms with E-state index in [2.05, 4.69) is 98.7 Å². The van der Waals surface area contributed by atoms with Gasteiger partial charge in [-0.25, -0.2) is 0 Å². The molecule has 5 aromatic rings. The molecule has 10 heteroatoms. The Morgan fingerprint density at radius 2 is 0.487 bits per heavy atom. The van der Waals surface area contributed by atoms with Crippen LogP contribution in [-0.4, -0.2) is 26.2 Å². The van der Waals surface area contributed by atoms with Crippen LogP contribution in [0.15, 0.2) is 152 Å². The Bertz CT molecular complexity index is 2230. The highest BCUT2D eigenvalue weighted by Gasteiger charge is 2.42. The fourth-order valence-electron chi connectivity index (χ4n) is 10.2. The molecule has 5 aromatic carbocycles. The van der Waals surface area contributed by atoms with Crippen LogP contribution in [0.1, 0.15) is 161 Å². The predicted octanol–water partition coefficient (Wildman–Crippen LogP) is 19.5. The van der Waals surface area contributed by atoms with E-state index in [9.17, 15) is 24.0 Å². The van der Waals surface area contributed by atoms with Crippen LogP contribution in [0.4, 0.5) is 0 Å². The van der Waals surface area contributed by atoms with Crippen molar-refractivity contribution in [3.8, 4) is 0 Å². The fraction of sp³-hybridized carbons (Fsp3) is 0.500. The summed E-state index contributed by atoms with van der Waals surface area (Å²) in [6.07, 6.45) is 15.7. The predicted molar refractivity (Wildman–Crippen MR) is 336 cm³/mol. The lowest BCUT2D eigenvalue weighted by atomic mass is 9.82. The number of carbonyl (C=O) groups excluding carboxylic acids is 5. The zero-order valence-electron chi connectivity index (χ0n) is 49.1. The van der Waals surface area contributed by atoms with Gasteiger partial charge in [0.1, 0.15) is 0 Å². The van der Waals surface area contributed by atoms with Gasteiger partial charge in [0.05, 0.1) is 0 Å². The van der Waals surface area contributed by atoms with E-state index in [4.69, 9.17) is 58.0 Å². The molecule has 0 heterocycles. The van der Waals surface area contributed by atoms with E-state index < -0.39 is 0 Å². The highest BCUT2D eigenvalue weighted by atomic mass is 35.5. The number of hydrogen-bond acceptors (Lipinski definition) is 5. The Labute approximate surface area is 506 Å². The average Bonchev–Trinajstić information content (AvgIpc) is 4.37. The van der Waals surface area contributed by atoms with Gasteiger partial charge < -0.3 is 0 Å². The lowest BCUT2D eigenvalue weighted by Gasteiger charge is -2.23. The van der Waals surface area contributed by atoms with Gasteiger partial charge in [0.25, 0.3) is 0 Å². The smallest absolute Gasteiger partial charge is 0.225 e. The maximum atomic E-state index is 11.4. The van der Waals surface area contributed by atoms with Crippen LogP contribution in [0, 0.1) is 56.7 Å². The first kappa shape index (κ1) is 68.4. The van der Waals surface area contributed by atoms with Crippen molar-refractivity contribution in [2.75, 3.05) is 0 Å². The van der Waals surface area contributed by atoms with E-state index in [1.165, 1.54) is 66.3 Å². The van der Waals surface area contributed by atoms with Crippen molar-refractivity contribution in [2.45, 2.75) is 165 Å². The number of rotatable bonds is 23. The number of halogens is 5. The summed E-state index contributed by atoms with van der Waals surface area (Å²) < 4.78 is 0. The van der Waals surface area contributed by atoms with Gasteiger partial charge in [-0.2, -0.15) is 0 Å². The lowest BCUT2D eigenvalue weighted by molar-refractivity contribution is -0.116. The fourth-order valence-corrected chi connectivity index (χ4v) is 10.9. The van der Waals surface area contributed by atoms with Crippen molar-refractivity contribution >= 4 is 84.2 Å². The molecule has 3 aliphatic carbocycles. The first-order chi connectivity index (χ1) is 37.5. The standard InChI is InChI=1S/3C14H17ClO.2C14H19ClO/c3*1-14(7-8-14)10-12(13(15)16)9-11-5-3-2-4-6-11;2*1-14(2,3)10-12(13(15)16)9-11-7-5-4-6-8-11/h3*2-6,12H,7-10H2,1H3;2*4-8,12H,9-10H2,1-3H3/t2*12-;;2*12-/m10.10/s1. The van der Waals surface area contributed by atoms with Crippen molar-refractivity contribution < 1.29 is 24.0 Å². The molecule has 0 amide bonds. The first-order valence-corrected chi connectivity index (χ1v) is 30.6. The van der Waals surface area contributed by atoms with Crippen molar-refractivity contribution in [2.24, 2.45) is 56.7 Å². The molecule has 1 unspecified atom stereocenters. The Hall–Kier alpha value is -4.10. The van der Waals surface area contributed by atoms with Gasteiger partial charge in [-0.15, -0.1) is 0 Å². The minimum absolute atomic E-state index is 0.0171. The maximum Gasteiger partial charge on any atom is 0.225 e. The van der Waals surface area contributed by atoms with Crippen molar-refractivity contribution in [3.63, 3.8) is 0 Å². The highest BCUT2D eigenvalue weighted by molar-refractivity contribution is 6.65. The maximum absolute atomic E-state index is 11.4. The van der Waals surface area contributed by atoms with Crippen LogP contribution < -0.4 is 0 Å². The molecule has 434 valence electrons. The molecule has 3 saturated carbocycles. The van der Waals surface area contributed by atoms with Crippen molar-refractivity contribution in [3.05, 3.63) is 179 Å². The third-order valence-electron chi connectivity index (χ3n) is 15.5. The Kier molecular flexibility index (Phi) is 27.9. The summed E-state index contributed by atoms with van der Waals surface area (Å²) in [5, 5.41) is -0.997. The summed E-state index contributed by atoms with van der Waals surface area (Å²) in [4.78, 5) is 57.0. The molecule has 0 bridgehead atoms. The topological polar surface area (TPSA) is 85.3 Å². The molecule has 0 aromatic heterocycles. The van der Waals surface area contributed by atoms with Gasteiger partial charge in [0, 0.05) is 29.6 Å². The first-order valence-electron chi connectivity index (χ1n) is 28.7. The van der Waals surface area contributed by atoms with Gasteiger partial charge in [0.15, 0.2) is 0 Å². The molecule has 3 aliphatic rings. The van der Waals surface area contributed by atoms with E-state index in [1.807, 2.05) is 115 Å². The van der Waals surface area contributed by atoms with Crippen molar-refractivity contribution in [1.82, 2.24) is 0 Å². The minimum Gasteiger partial charge on any atom is -0.281 e. The second-order valence-electron chi connectivity index (χ2n) is 26.5. The Balaban J connectivity index is 0.000000215. The van der Waals surface area contributed by atoms with Crippen LogP contribution in [0.2, 0.25) is 0 Å². The molecule has 8 rings (SSSR count). The van der Waals surface area contributed by atoms with Crippen molar-refractivity contribution in [1.29, 1.82) is 0 Å². The summed E-state index contributed by atoms with van der Waals surface area (Å²) in [5.41, 5.74) is 7.34. The third-order valence-corrected chi connectivity index (χ3v) is 17.0. The van der Waals surface area contributed by atoms with Crippen LogP contribution >= 0.6 is 58.0 Å². The largest absolute Gasteiger partial charge is 0.281 e. The molecular weight excluding hydrogens is 1100 g/mol. The number of benzene rings is 5. The van der Waals surface area contributed by atoms with E-state index >= 15 is 0 Å². The van der Waals surface area contributed by atoms with E-state index in [-0.39, 0.29) is 66.6 Å². The highest BCUT2D eigenvalue weighted by Crippen LogP contribution is 2.52. The molecule has 5 atom stereocenters. The van der Waals surface area contributed by atoms with Crippen LogP contribution in [-0.2, 0) is 56.1 Å². The zero-order chi connectivity index (χ0) is 59.2. The molecule has 0 N–H and O–H groups in total. The summed E-state index contributed by atoms with van der Waals surface area (Å²) in [7, 11) is 0. The molecule has 0 radical (unpaired) electrons.